The van der Waals surface area contributed by atoms with Crippen molar-refractivity contribution in [2.45, 2.75) is 6.92 Å². The fourth-order valence-corrected chi connectivity index (χ4v) is 5.07. The molecule has 6 aromatic rings. The Morgan fingerprint density at radius 2 is 1.12 bits per heavy atom. The van der Waals surface area contributed by atoms with Gasteiger partial charge in [-0.15, -0.1) is 0 Å². The molecule has 0 atom stereocenters. The molecule has 33 heavy (non-hydrogen) atoms. The van der Waals surface area contributed by atoms with E-state index in [-0.39, 0.29) is 0 Å². The molecule has 0 aliphatic rings. The van der Waals surface area contributed by atoms with E-state index >= 15 is 0 Å². The number of ether oxygens (including phenoxy) is 1. The van der Waals surface area contributed by atoms with Crippen LogP contribution in [0.3, 0.4) is 0 Å². The highest BCUT2D eigenvalue weighted by Crippen LogP contribution is 2.45. The number of benzene rings is 6. The first-order valence-corrected chi connectivity index (χ1v) is 11.5. The summed E-state index contributed by atoms with van der Waals surface area (Å²) in [6.45, 7) is 2.69. The molecule has 0 aromatic heterocycles. The zero-order valence-electron chi connectivity index (χ0n) is 18.6. The maximum Gasteiger partial charge on any atom is 0.119 e. The van der Waals surface area contributed by atoms with E-state index in [0.29, 0.717) is 6.61 Å². The van der Waals surface area contributed by atoms with Crippen LogP contribution in [0.2, 0.25) is 0 Å². The van der Waals surface area contributed by atoms with Gasteiger partial charge in [0.15, 0.2) is 0 Å². The van der Waals surface area contributed by atoms with Crippen LogP contribution in [0.15, 0.2) is 115 Å². The van der Waals surface area contributed by atoms with Gasteiger partial charge in [0.1, 0.15) is 5.75 Å². The molecule has 1 nitrogen and oxygen atoms in total. The Hall–Kier alpha value is -4.10. The minimum Gasteiger partial charge on any atom is -0.494 e. The average molecular weight is 425 g/mol. The topological polar surface area (TPSA) is 9.23 Å². The Bertz CT molecular complexity index is 1560. The zero-order valence-corrected chi connectivity index (χ0v) is 18.6. The Morgan fingerprint density at radius 3 is 1.76 bits per heavy atom. The van der Waals surface area contributed by atoms with Crippen molar-refractivity contribution < 1.29 is 4.74 Å². The lowest BCUT2D eigenvalue weighted by Gasteiger charge is -2.19. The second kappa shape index (κ2) is 8.11. The molecular weight excluding hydrogens is 400 g/mol. The maximum absolute atomic E-state index is 5.76. The lowest BCUT2D eigenvalue weighted by atomic mass is 9.85. The van der Waals surface area contributed by atoms with Gasteiger partial charge in [0.25, 0.3) is 0 Å². The molecule has 0 saturated heterocycles. The summed E-state index contributed by atoms with van der Waals surface area (Å²) >= 11 is 0. The summed E-state index contributed by atoms with van der Waals surface area (Å²) in [5.41, 5.74) is 5.08. The lowest BCUT2D eigenvalue weighted by Crippen LogP contribution is -1.93. The number of rotatable bonds is 4. The number of hydrogen-bond acceptors (Lipinski definition) is 1. The Kier molecular flexibility index (Phi) is 4.81. The standard InChI is InChI=1S/C32H24O/c1-2-33-24-19-20-25-23(21-24)13-10-18-26(25)32-29-16-8-6-14-27(29)31(22-11-4-3-5-12-22)28-15-7-9-17-30(28)32/h3-21H,2H2,1H3. The van der Waals surface area contributed by atoms with Gasteiger partial charge in [-0.1, -0.05) is 103 Å². The minimum absolute atomic E-state index is 0.668. The zero-order chi connectivity index (χ0) is 22.2. The lowest BCUT2D eigenvalue weighted by molar-refractivity contribution is 0.341. The van der Waals surface area contributed by atoms with Crippen LogP contribution in [0.25, 0.3) is 54.6 Å². The van der Waals surface area contributed by atoms with E-state index < -0.39 is 0 Å². The predicted octanol–water partition coefficient (Wildman–Crippen LogP) is 8.88. The second-order valence-electron chi connectivity index (χ2n) is 8.33. The quantitative estimate of drug-likeness (QED) is 0.257. The fraction of sp³-hybridized carbons (Fsp3) is 0.0625. The summed E-state index contributed by atoms with van der Waals surface area (Å²) in [5.74, 6) is 0.913. The normalized spacial score (nSPS) is 11.3. The first-order valence-electron chi connectivity index (χ1n) is 11.5. The van der Waals surface area contributed by atoms with Crippen molar-refractivity contribution in [3.05, 3.63) is 115 Å². The molecule has 6 aromatic carbocycles. The SMILES string of the molecule is CCOc1ccc2c(-c3c4ccccc4c(-c4ccccc4)c4ccccc34)cccc2c1. The van der Waals surface area contributed by atoms with Crippen LogP contribution in [0.5, 0.6) is 5.75 Å². The molecular formula is C32H24O. The van der Waals surface area contributed by atoms with Crippen LogP contribution >= 0.6 is 0 Å². The molecule has 0 amide bonds. The summed E-state index contributed by atoms with van der Waals surface area (Å²) in [6.07, 6.45) is 0. The highest BCUT2D eigenvalue weighted by Gasteiger charge is 2.17. The predicted molar refractivity (Wildman–Crippen MR) is 141 cm³/mol. The molecule has 0 N–H and O–H groups in total. The van der Waals surface area contributed by atoms with Gasteiger partial charge in [-0.3, -0.25) is 0 Å². The molecule has 0 radical (unpaired) electrons. The second-order valence-corrected chi connectivity index (χ2v) is 8.33. The van der Waals surface area contributed by atoms with Crippen molar-refractivity contribution >= 4 is 32.3 Å². The van der Waals surface area contributed by atoms with Gasteiger partial charge >= 0.3 is 0 Å². The van der Waals surface area contributed by atoms with E-state index in [9.17, 15) is 0 Å². The van der Waals surface area contributed by atoms with Crippen LogP contribution in [-0.2, 0) is 0 Å². The van der Waals surface area contributed by atoms with Gasteiger partial charge in [0.05, 0.1) is 6.61 Å². The van der Waals surface area contributed by atoms with Crippen LogP contribution < -0.4 is 4.74 Å². The van der Waals surface area contributed by atoms with Crippen molar-refractivity contribution in [1.82, 2.24) is 0 Å². The number of fused-ring (bicyclic) bond motifs is 3. The van der Waals surface area contributed by atoms with E-state index in [4.69, 9.17) is 4.74 Å². The molecule has 0 aliphatic heterocycles. The Labute approximate surface area is 193 Å². The molecule has 0 unspecified atom stereocenters. The van der Waals surface area contributed by atoms with Crippen molar-refractivity contribution in [1.29, 1.82) is 0 Å². The largest absolute Gasteiger partial charge is 0.494 e. The van der Waals surface area contributed by atoms with Gasteiger partial charge in [-0.05, 0) is 73.6 Å². The molecule has 0 aliphatic carbocycles. The van der Waals surface area contributed by atoms with Gasteiger partial charge in [-0.25, -0.2) is 0 Å². The molecule has 0 heterocycles. The highest BCUT2D eigenvalue weighted by molar-refractivity contribution is 6.23. The molecule has 0 bridgehead atoms. The maximum atomic E-state index is 5.76. The Morgan fingerprint density at radius 1 is 0.515 bits per heavy atom. The van der Waals surface area contributed by atoms with Gasteiger partial charge in [0, 0.05) is 0 Å². The van der Waals surface area contributed by atoms with Crippen molar-refractivity contribution in [3.8, 4) is 28.0 Å². The monoisotopic (exact) mass is 424 g/mol. The van der Waals surface area contributed by atoms with Crippen molar-refractivity contribution in [3.63, 3.8) is 0 Å². The first kappa shape index (κ1) is 19.6. The summed E-state index contributed by atoms with van der Waals surface area (Å²) < 4.78 is 5.76. The van der Waals surface area contributed by atoms with Crippen molar-refractivity contribution in [2.75, 3.05) is 6.61 Å². The third kappa shape index (κ3) is 3.25. The average Bonchev–Trinajstić information content (AvgIpc) is 2.87. The van der Waals surface area contributed by atoms with Crippen LogP contribution in [0, 0.1) is 0 Å². The number of hydrogen-bond donors (Lipinski definition) is 0. The smallest absolute Gasteiger partial charge is 0.119 e. The third-order valence-electron chi connectivity index (χ3n) is 6.43. The van der Waals surface area contributed by atoms with E-state index in [1.807, 2.05) is 6.92 Å². The molecule has 0 saturated carbocycles. The van der Waals surface area contributed by atoms with E-state index in [1.54, 1.807) is 0 Å². The van der Waals surface area contributed by atoms with Gasteiger partial charge in [0.2, 0.25) is 0 Å². The molecule has 6 rings (SSSR count). The van der Waals surface area contributed by atoms with E-state index in [1.165, 1.54) is 54.6 Å². The first-order chi connectivity index (χ1) is 16.3. The summed E-state index contributed by atoms with van der Waals surface area (Å²) in [7, 11) is 0. The van der Waals surface area contributed by atoms with Crippen LogP contribution in [0.1, 0.15) is 6.92 Å². The fourth-order valence-electron chi connectivity index (χ4n) is 5.07. The summed E-state index contributed by atoms with van der Waals surface area (Å²) in [4.78, 5) is 0. The molecule has 0 fully saturated rings. The van der Waals surface area contributed by atoms with Gasteiger partial charge in [-0.2, -0.15) is 0 Å². The molecule has 1 heteroatoms. The Balaban J connectivity index is 1.75. The summed E-state index contributed by atoms with van der Waals surface area (Å²) in [6, 6.07) is 41.3. The summed E-state index contributed by atoms with van der Waals surface area (Å²) in [5, 5.41) is 7.54. The van der Waals surface area contributed by atoms with E-state index in [2.05, 4.69) is 115 Å². The van der Waals surface area contributed by atoms with Crippen LogP contribution in [0.4, 0.5) is 0 Å². The third-order valence-corrected chi connectivity index (χ3v) is 6.43. The molecule has 158 valence electrons. The van der Waals surface area contributed by atoms with Crippen LogP contribution in [-0.4, -0.2) is 6.61 Å². The highest BCUT2D eigenvalue weighted by atomic mass is 16.5. The van der Waals surface area contributed by atoms with E-state index in [0.717, 1.165) is 5.75 Å². The molecule has 0 spiro atoms. The van der Waals surface area contributed by atoms with Crippen molar-refractivity contribution in [2.24, 2.45) is 0 Å². The minimum atomic E-state index is 0.668. The van der Waals surface area contributed by atoms with Gasteiger partial charge < -0.3 is 4.74 Å².